The molecule has 1 aromatic carbocycles. The lowest BCUT2D eigenvalue weighted by atomic mass is 9.59. The Hall–Kier alpha value is -1.45. The van der Waals surface area contributed by atoms with Gasteiger partial charge in [0.25, 0.3) is 0 Å². The van der Waals surface area contributed by atoms with Crippen molar-refractivity contribution in [2.45, 2.75) is 84.0 Å². The van der Waals surface area contributed by atoms with E-state index in [1.165, 1.54) is 63.9 Å². The Bertz CT molecular complexity index is 726. The third-order valence-electron chi connectivity index (χ3n) is 8.36. The van der Waals surface area contributed by atoms with Crippen LogP contribution in [-0.2, 0) is 4.79 Å². The van der Waals surface area contributed by atoms with Crippen molar-refractivity contribution in [2.75, 3.05) is 0 Å². The van der Waals surface area contributed by atoms with Crippen LogP contribution in [0.2, 0.25) is 0 Å². The minimum absolute atomic E-state index is 0.0990. The van der Waals surface area contributed by atoms with E-state index in [1.807, 2.05) is 0 Å². The second-order valence-corrected chi connectivity index (χ2v) is 10.1. The zero-order valence-electron chi connectivity index (χ0n) is 18.3. The van der Waals surface area contributed by atoms with E-state index in [1.54, 1.807) is 0 Å². The Morgan fingerprint density at radius 1 is 0.933 bits per heavy atom. The first kappa shape index (κ1) is 21.8. The molecular weight excluding hydrogens is 382 g/mol. The molecule has 4 rings (SSSR count). The van der Waals surface area contributed by atoms with Gasteiger partial charge in [0.2, 0.25) is 0 Å². The molecule has 3 aliphatic carbocycles. The monoisotopic (exact) mass is 418 g/mol. The zero-order valence-corrected chi connectivity index (χ0v) is 18.3. The molecule has 0 aliphatic heterocycles. The highest BCUT2D eigenvalue weighted by molar-refractivity contribution is 5.75. The van der Waals surface area contributed by atoms with Crippen LogP contribution in [0.25, 0.3) is 0 Å². The van der Waals surface area contributed by atoms with Crippen LogP contribution in [0, 0.1) is 47.1 Å². The highest BCUT2D eigenvalue weighted by Gasteiger charge is 2.43. The van der Waals surface area contributed by atoms with Crippen molar-refractivity contribution in [3.8, 4) is 5.75 Å². The Kier molecular flexibility index (Phi) is 7.10. The summed E-state index contributed by atoms with van der Waals surface area (Å²) in [6.45, 7) is 2.30. The summed E-state index contributed by atoms with van der Waals surface area (Å²) in [5.41, 5.74) is 0. The number of hydrogen-bond donors (Lipinski definition) is 0. The van der Waals surface area contributed by atoms with Gasteiger partial charge in [-0.05, 0) is 80.2 Å². The first-order valence-corrected chi connectivity index (χ1v) is 12.2. The zero-order chi connectivity index (χ0) is 21.1. The SMILES string of the molecule is CCCC1CCC(C2CCC3C(CCCC3C(=O)Oc3ccc(F)c(F)c3)C2)CC1. The maximum absolute atomic E-state index is 13.5. The maximum atomic E-state index is 13.5. The Balaban J connectivity index is 1.33. The molecule has 4 heteroatoms. The molecular formula is C26H36F2O2. The molecule has 4 atom stereocenters. The molecule has 0 bridgehead atoms. The number of ether oxygens (including phenoxy) is 1. The summed E-state index contributed by atoms with van der Waals surface area (Å²) in [6, 6.07) is 3.32. The molecule has 166 valence electrons. The van der Waals surface area contributed by atoms with Crippen molar-refractivity contribution in [3.05, 3.63) is 29.8 Å². The first-order valence-electron chi connectivity index (χ1n) is 12.2. The van der Waals surface area contributed by atoms with Gasteiger partial charge in [0, 0.05) is 6.07 Å². The Labute approximate surface area is 179 Å². The number of esters is 1. The van der Waals surface area contributed by atoms with Gasteiger partial charge in [-0.25, -0.2) is 8.78 Å². The summed E-state index contributed by atoms with van der Waals surface area (Å²) in [6.07, 6.45) is 15.1. The predicted octanol–water partition coefficient (Wildman–Crippen LogP) is 7.31. The maximum Gasteiger partial charge on any atom is 0.314 e. The molecule has 3 aliphatic rings. The fraction of sp³-hybridized carbons (Fsp3) is 0.731. The van der Waals surface area contributed by atoms with E-state index in [2.05, 4.69) is 6.92 Å². The van der Waals surface area contributed by atoms with Crippen LogP contribution < -0.4 is 4.74 Å². The summed E-state index contributed by atoms with van der Waals surface area (Å²) in [5, 5.41) is 0. The minimum Gasteiger partial charge on any atom is -0.426 e. The van der Waals surface area contributed by atoms with Crippen LogP contribution in [0.15, 0.2) is 18.2 Å². The third kappa shape index (κ3) is 4.89. The third-order valence-corrected chi connectivity index (χ3v) is 8.36. The van der Waals surface area contributed by atoms with E-state index in [-0.39, 0.29) is 17.6 Å². The molecule has 3 fully saturated rings. The van der Waals surface area contributed by atoms with Crippen LogP contribution in [0.5, 0.6) is 5.75 Å². The van der Waals surface area contributed by atoms with Crippen LogP contribution in [-0.4, -0.2) is 5.97 Å². The molecule has 4 unspecified atom stereocenters. The standard InChI is InChI=1S/C26H36F2O2/c1-2-4-17-7-9-18(10-8-17)19-11-13-22-20(15-19)5-3-6-23(22)26(29)30-21-12-14-24(27)25(28)16-21/h12,14,16-20,22-23H,2-11,13,15H2,1H3. The topological polar surface area (TPSA) is 26.3 Å². The van der Waals surface area contributed by atoms with Gasteiger partial charge in [0.15, 0.2) is 11.6 Å². The summed E-state index contributed by atoms with van der Waals surface area (Å²) < 4.78 is 32.1. The van der Waals surface area contributed by atoms with Crippen LogP contribution in [0.3, 0.4) is 0 Å². The molecule has 1 aromatic rings. The number of rotatable bonds is 5. The smallest absolute Gasteiger partial charge is 0.314 e. The van der Waals surface area contributed by atoms with Gasteiger partial charge in [-0.1, -0.05) is 45.4 Å². The molecule has 2 nitrogen and oxygen atoms in total. The van der Waals surface area contributed by atoms with Crippen molar-refractivity contribution >= 4 is 5.97 Å². The minimum atomic E-state index is -0.976. The quantitative estimate of drug-likeness (QED) is 0.370. The van der Waals surface area contributed by atoms with E-state index < -0.39 is 11.6 Å². The molecule has 0 spiro atoms. The summed E-state index contributed by atoms with van der Waals surface area (Å²) >= 11 is 0. The van der Waals surface area contributed by atoms with Gasteiger partial charge in [-0.15, -0.1) is 0 Å². The highest BCUT2D eigenvalue weighted by Crippen LogP contribution is 2.50. The highest BCUT2D eigenvalue weighted by atomic mass is 19.2. The molecule has 30 heavy (non-hydrogen) atoms. The molecule has 0 N–H and O–H groups in total. The lowest BCUT2D eigenvalue weighted by Crippen LogP contribution is -2.40. The molecule has 3 saturated carbocycles. The number of benzene rings is 1. The van der Waals surface area contributed by atoms with Gasteiger partial charge in [0.05, 0.1) is 5.92 Å². The van der Waals surface area contributed by atoms with Gasteiger partial charge in [0.1, 0.15) is 5.75 Å². The van der Waals surface area contributed by atoms with Crippen molar-refractivity contribution in [3.63, 3.8) is 0 Å². The number of halogens is 2. The fourth-order valence-electron chi connectivity index (χ4n) is 6.81. The predicted molar refractivity (Wildman–Crippen MR) is 114 cm³/mol. The molecule has 0 radical (unpaired) electrons. The summed E-state index contributed by atoms with van der Waals surface area (Å²) in [4.78, 5) is 12.9. The number of hydrogen-bond acceptors (Lipinski definition) is 2. The van der Waals surface area contributed by atoms with E-state index in [9.17, 15) is 13.6 Å². The van der Waals surface area contributed by atoms with E-state index in [4.69, 9.17) is 4.74 Å². The van der Waals surface area contributed by atoms with Gasteiger partial charge in [-0.3, -0.25) is 4.79 Å². The summed E-state index contributed by atoms with van der Waals surface area (Å²) in [5.74, 6) is 1.53. The number of fused-ring (bicyclic) bond motifs is 1. The van der Waals surface area contributed by atoms with E-state index in [0.717, 1.165) is 49.1 Å². The van der Waals surface area contributed by atoms with E-state index >= 15 is 0 Å². The molecule has 0 aromatic heterocycles. The Morgan fingerprint density at radius 2 is 1.70 bits per heavy atom. The van der Waals surface area contributed by atoms with Crippen molar-refractivity contribution in [1.82, 2.24) is 0 Å². The van der Waals surface area contributed by atoms with Gasteiger partial charge < -0.3 is 4.74 Å². The molecule has 0 saturated heterocycles. The average Bonchev–Trinajstić information content (AvgIpc) is 2.76. The lowest BCUT2D eigenvalue weighted by Gasteiger charge is -2.46. The Morgan fingerprint density at radius 3 is 2.43 bits per heavy atom. The van der Waals surface area contributed by atoms with Gasteiger partial charge in [-0.2, -0.15) is 0 Å². The average molecular weight is 419 g/mol. The lowest BCUT2D eigenvalue weighted by molar-refractivity contribution is -0.144. The van der Waals surface area contributed by atoms with Gasteiger partial charge >= 0.3 is 5.97 Å². The largest absolute Gasteiger partial charge is 0.426 e. The first-order chi connectivity index (χ1) is 14.5. The number of carbonyl (C=O) groups is 1. The normalized spacial score (nSPS) is 34.2. The second-order valence-electron chi connectivity index (χ2n) is 10.1. The van der Waals surface area contributed by atoms with Crippen molar-refractivity contribution < 1.29 is 18.3 Å². The van der Waals surface area contributed by atoms with Crippen LogP contribution >= 0.6 is 0 Å². The van der Waals surface area contributed by atoms with Crippen LogP contribution in [0.1, 0.15) is 84.0 Å². The molecule has 0 amide bonds. The van der Waals surface area contributed by atoms with Crippen molar-refractivity contribution in [2.24, 2.45) is 35.5 Å². The summed E-state index contributed by atoms with van der Waals surface area (Å²) in [7, 11) is 0. The van der Waals surface area contributed by atoms with E-state index in [0.29, 0.717) is 11.8 Å². The number of carbonyl (C=O) groups excluding carboxylic acids is 1. The fourth-order valence-corrected chi connectivity index (χ4v) is 6.81. The molecule has 0 heterocycles. The van der Waals surface area contributed by atoms with Crippen molar-refractivity contribution in [1.29, 1.82) is 0 Å². The van der Waals surface area contributed by atoms with Crippen LogP contribution in [0.4, 0.5) is 8.78 Å². The second kappa shape index (κ2) is 9.78.